The van der Waals surface area contributed by atoms with Crippen molar-refractivity contribution in [3.63, 3.8) is 0 Å². The minimum Gasteiger partial charge on any atom is -0.490 e. The van der Waals surface area contributed by atoms with Gasteiger partial charge >= 0.3 is 12.1 Å². The lowest BCUT2D eigenvalue weighted by Gasteiger charge is -2.26. The van der Waals surface area contributed by atoms with Crippen molar-refractivity contribution in [3.8, 4) is 5.75 Å². The van der Waals surface area contributed by atoms with Crippen LogP contribution in [0.1, 0.15) is 15.9 Å². The van der Waals surface area contributed by atoms with E-state index in [0.29, 0.717) is 12.2 Å². The molecular weight excluding hydrogens is 262 g/mol. The molecule has 0 saturated carbocycles. The van der Waals surface area contributed by atoms with E-state index in [2.05, 4.69) is 11.9 Å². The van der Waals surface area contributed by atoms with Gasteiger partial charge in [-0.1, -0.05) is 24.8 Å². The smallest absolute Gasteiger partial charge is 0.407 e. The first-order valence-corrected chi connectivity index (χ1v) is 6.14. The Bertz CT molecular complexity index is 540. The molecule has 1 aliphatic heterocycles. The van der Waals surface area contributed by atoms with E-state index < -0.39 is 12.1 Å². The van der Waals surface area contributed by atoms with Crippen LogP contribution in [0.5, 0.6) is 5.75 Å². The molecule has 1 heterocycles. The normalized spacial score (nSPS) is 16.5. The molecule has 106 valence electrons. The summed E-state index contributed by atoms with van der Waals surface area (Å²) in [5.74, 6) is -0.656. The highest BCUT2D eigenvalue weighted by molar-refractivity contribution is 5.91. The monoisotopic (exact) mass is 277 g/mol. The maximum atomic E-state index is 11.4. The van der Waals surface area contributed by atoms with E-state index in [0.717, 1.165) is 5.56 Å². The zero-order valence-electron chi connectivity index (χ0n) is 10.8. The Balaban J connectivity index is 2.04. The van der Waals surface area contributed by atoms with Gasteiger partial charge in [0.2, 0.25) is 0 Å². The topological polar surface area (TPSA) is 84.9 Å². The second kappa shape index (κ2) is 6.10. The Morgan fingerprint density at radius 3 is 3.05 bits per heavy atom. The molecule has 0 aromatic heterocycles. The second-order valence-electron chi connectivity index (χ2n) is 4.34. The molecular formula is C14H15NO5. The van der Waals surface area contributed by atoms with Gasteiger partial charge in [0.05, 0.1) is 6.04 Å². The number of ether oxygens (including phenoxy) is 2. The number of rotatable bonds is 4. The molecule has 2 N–H and O–H groups in total. The van der Waals surface area contributed by atoms with Crippen molar-refractivity contribution in [1.29, 1.82) is 0 Å². The molecule has 0 aliphatic carbocycles. The van der Waals surface area contributed by atoms with Crippen LogP contribution in [0, 0.1) is 0 Å². The van der Waals surface area contributed by atoms with Crippen LogP contribution in [0.4, 0.5) is 4.79 Å². The molecule has 2 rings (SSSR count). The van der Waals surface area contributed by atoms with E-state index >= 15 is 0 Å². The van der Waals surface area contributed by atoms with Crippen LogP contribution in [0.2, 0.25) is 0 Å². The van der Waals surface area contributed by atoms with Crippen LogP contribution in [0.15, 0.2) is 30.9 Å². The van der Waals surface area contributed by atoms with E-state index in [1.54, 1.807) is 12.1 Å². The Labute approximate surface area is 116 Å². The summed E-state index contributed by atoms with van der Waals surface area (Å²) >= 11 is 0. The fourth-order valence-corrected chi connectivity index (χ4v) is 2.03. The first-order chi connectivity index (χ1) is 9.61. The molecule has 6 nitrogen and oxygen atoms in total. The van der Waals surface area contributed by atoms with Gasteiger partial charge in [-0.25, -0.2) is 9.59 Å². The van der Waals surface area contributed by atoms with Gasteiger partial charge in [-0.05, 0) is 18.1 Å². The maximum absolute atomic E-state index is 11.4. The molecule has 1 aromatic carbocycles. The fourth-order valence-electron chi connectivity index (χ4n) is 2.03. The molecule has 1 amide bonds. The van der Waals surface area contributed by atoms with Crippen LogP contribution in [-0.2, 0) is 11.2 Å². The summed E-state index contributed by atoms with van der Waals surface area (Å²) in [6.45, 7) is 3.80. The largest absolute Gasteiger partial charge is 0.490 e. The summed E-state index contributed by atoms with van der Waals surface area (Å²) in [5.41, 5.74) is 0.889. The van der Waals surface area contributed by atoms with E-state index in [4.69, 9.17) is 14.6 Å². The van der Waals surface area contributed by atoms with Gasteiger partial charge in [-0.3, -0.25) is 0 Å². The number of aromatic carboxylic acids is 1. The molecule has 0 bridgehead atoms. The number of para-hydroxylation sites is 1. The number of carbonyl (C=O) groups is 2. The number of carbonyl (C=O) groups excluding carboxylic acids is 1. The lowest BCUT2D eigenvalue weighted by Crippen LogP contribution is -2.43. The van der Waals surface area contributed by atoms with Gasteiger partial charge in [0.25, 0.3) is 0 Å². The number of hydrogen-bond donors (Lipinski definition) is 2. The zero-order chi connectivity index (χ0) is 14.5. The molecule has 0 radical (unpaired) electrons. The SMILES string of the molecule is C=CCOC(=O)NC1COc2c(cccc2C(=O)O)C1. The molecule has 0 spiro atoms. The minimum absolute atomic E-state index is 0.134. The van der Waals surface area contributed by atoms with E-state index in [1.165, 1.54) is 12.1 Å². The highest BCUT2D eigenvalue weighted by Crippen LogP contribution is 2.28. The molecule has 20 heavy (non-hydrogen) atoms. The zero-order valence-corrected chi connectivity index (χ0v) is 10.8. The first kappa shape index (κ1) is 13.9. The number of amides is 1. The third kappa shape index (κ3) is 3.09. The average Bonchev–Trinajstić information content (AvgIpc) is 2.44. The third-order valence-corrected chi connectivity index (χ3v) is 2.88. The number of carboxylic acid groups (broad SMARTS) is 1. The van der Waals surface area contributed by atoms with Crippen molar-refractivity contribution in [2.24, 2.45) is 0 Å². The van der Waals surface area contributed by atoms with Gasteiger partial charge in [0, 0.05) is 0 Å². The predicted octanol–water partition coefficient (Wildman–Crippen LogP) is 1.60. The van der Waals surface area contributed by atoms with Crippen molar-refractivity contribution in [2.75, 3.05) is 13.2 Å². The average molecular weight is 277 g/mol. The van der Waals surface area contributed by atoms with Gasteiger partial charge < -0.3 is 19.9 Å². The summed E-state index contributed by atoms with van der Waals surface area (Å²) in [6.07, 6.45) is 1.43. The Morgan fingerprint density at radius 1 is 1.55 bits per heavy atom. The van der Waals surface area contributed by atoms with Crippen LogP contribution in [-0.4, -0.2) is 36.4 Å². The van der Waals surface area contributed by atoms with Gasteiger partial charge in [0.1, 0.15) is 24.5 Å². The molecule has 6 heteroatoms. The first-order valence-electron chi connectivity index (χ1n) is 6.14. The number of alkyl carbamates (subject to hydrolysis) is 1. The maximum Gasteiger partial charge on any atom is 0.407 e. The van der Waals surface area contributed by atoms with Gasteiger partial charge in [0.15, 0.2) is 0 Å². The van der Waals surface area contributed by atoms with Gasteiger partial charge in [-0.15, -0.1) is 0 Å². The predicted molar refractivity (Wildman–Crippen MR) is 71.1 cm³/mol. The van der Waals surface area contributed by atoms with E-state index in [-0.39, 0.29) is 24.8 Å². The van der Waals surface area contributed by atoms with Crippen LogP contribution in [0.3, 0.4) is 0 Å². The van der Waals surface area contributed by atoms with Crippen LogP contribution < -0.4 is 10.1 Å². The molecule has 0 fully saturated rings. The number of nitrogens with one attached hydrogen (secondary N) is 1. The number of fused-ring (bicyclic) bond motifs is 1. The lowest BCUT2D eigenvalue weighted by atomic mass is 9.99. The Kier molecular flexibility index (Phi) is 4.24. The summed E-state index contributed by atoms with van der Waals surface area (Å²) in [7, 11) is 0. The second-order valence-corrected chi connectivity index (χ2v) is 4.34. The number of benzene rings is 1. The quantitative estimate of drug-likeness (QED) is 0.816. The third-order valence-electron chi connectivity index (χ3n) is 2.88. The van der Waals surface area contributed by atoms with Crippen molar-refractivity contribution in [2.45, 2.75) is 12.5 Å². The molecule has 1 aliphatic rings. The summed E-state index contributed by atoms with van der Waals surface area (Å²) in [6, 6.07) is 4.69. The van der Waals surface area contributed by atoms with Crippen LogP contribution in [0.25, 0.3) is 0 Å². The molecule has 1 aromatic rings. The standard InChI is InChI=1S/C14H15NO5/c1-2-6-19-14(18)15-10-7-9-4-3-5-11(13(16)17)12(9)20-8-10/h2-5,10H,1,6-8H2,(H,15,18)(H,16,17). The summed E-state index contributed by atoms with van der Waals surface area (Å²) < 4.78 is 10.3. The number of hydrogen-bond acceptors (Lipinski definition) is 4. The van der Waals surface area contributed by atoms with Crippen molar-refractivity contribution < 1.29 is 24.2 Å². The van der Waals surface area contributed by atoms with E-state index in [1.807, 2.05) is 0 Å². The Morgan fingerprint density at radius 2 is 2.35 bits per heavy atom. The lowest BCUT2D eigenvalue weighted by molar-refractivity contribution is 0.0689. The molecule has 1 atom stereocenters. The molecule has 1 unspecified atom stereocenters. The van der Waals surface area contributed by atoms with E-state index in [9.17, 15) is 9.59 Å². The molecule has 0 saturated heterocycles. The highest BCUT2D eigenvalue weighted by atomic mass is 16.5. The van der Waals surface area contributed by atoms with Crippen molar-refractivity contribution in [3.05, 3.63) is 42.0 Å². The van der Waals surface area contributed by atoms with Crippen LogP contribution >= 0.6 is 0 Å². The van der Waals surface area contributed by atoms with Gasteiger partial charge in [-0.2, -0.15) is 0 Å². The van der Waals surface area contributed by atoms with Crippen molar-refractivity contribution in [1.82, 2.24) is 5.32 Å². The fraction of sp³-hybridized carbons (Fsp3) is 0.286. The highest BCUT2D eigenvalue weighted by Gasteiger charge is 2.25. The number of carboxylic acids is 1. The minimum atomic E-state index is -1.03. The Hall–Kier alpha value is -2.50. The van der Waals surface area contributed by atoms with Crippen molar-refractivity contribution >= 4 is 12.1 Å². The summed E-state index contributed by atoms with van der Waals surface area (Å²) in [4.78, 5) is 22.5. The summed E-state index contributed by atoms with van der Waals surface area (Å²) in [5, 5.41) is 11.7.